The van der Waals surface area contributed by atoms with Gasteiger partial charge in [-0.15, -0.1) is 0 Å². The van der Waals surface area contributed by atoms with Crippen LogP contribution in [0.2, 0.25) is 0 Å². The highest BCUT2D eigenvalue weighted by molar-refractivity contribution is 7.08. The summed E-state index contributed by atoms with van der Waals surface area (Å²) < 4.78 is 12.0. The molecule has 3 aliphatic heterocycles. The van der Waals surface area contributed by atoms with Crippen LogP contribution in [0.25, 0.3) is 0 Å². The van der Waals surface area contributed by atoms with E-state index in [1.54, 1.807) is 11.3 Å². The molecule has 3 saturated heterocycles. The van der Waals surface area contributed by atoms with Gasteiger partial charge in [-0.3, -0.25) is 9.69 Å². The maximum atomic E-state index is 12.3. The van der Waals surface area contributed by atoms with E-state index in [4.69, 9.17) is 9.26 Å². The van der Waals surface area contributed by atoms with Gasteiger partial charge in [0.2, 0.25) is 0 Å². The SMILES string of the molecule is CCc1cc(CN2C[C@@H]3[C@H](CNC(=O)c4ccsc4)[C@H]4CC[C@]3(C2)O4)on1. The molecule has 27 heavy (non-hydrogen) atoms. The zero-order valence-corrected chi connectivity index (χ0v) is 16.3. The number of ether oxygens (including phenoxy) is 1. The quantitative estimate of drug-likeness (QED) is 0.825. The van der Waals surface area contributed by atoms with Crippen molar-refractivity contribution in [3.05, 3.63) is 39.9 Å². The summed E-state index contributed by atoms with van der Waals surface area (Å²) in [6, 6.07) is 3.93. The summed E-state index contributed by atoms with van der Waals surface area (Å²) in [6.07, 6.45) is 3.42. The minimum atomic E-state index is -0.0317. The standard InChI is InChI=1S/C20H25N3O3S/c1-2-14-7-15(26-22-14)9-23-10-17-16(18-3-5-20(17,12-23)25-18)8-21-19(24)13-4-6-27-11-13/h4,6-7,11,16-18H,2-3,5,8-10,12H2,1H3,(H,21,24)/t16-,17+,18+,20+/m0/s1. The number of hydrogen-bond acceptors (Lipinski definition) is 6. The molecule has 3 aliphatic rings. The van der Waals surface area contributed by atoms with Crippen molar-refractivity contribution < 1.29 is 14.1 Å². The Bertz CT molecular complexity index is 820. The van der Waals surface area contributed by atoms with Gasteiger partial charge in [0.15, 0.2) is 5.76 Å². The van der Waals surface area contributed by atoms with Gasteiger partial charge < -0.3 is 14.6 Å². The first-order chi connectivity index (χ1) is 13.2. The highest BCUT2D eigenvalue weighted by Gasteiger charge is 2.62. The first kappa shape index (κ1) is 17.4. The van der Waals surface area contributed by atoms with Crippen LogP contribution in [0.4, 0.5) is 0 Å². The first-order valence-corrected chi connectivity index (χ1v) is 10.8. The molecule has 0 aromatic carbocycles. The number of rotatable bonds is 6. The molecule has 3 fully saturated rings. The molecule has 1 spiro atoms. The molecule has 4 atom stereocenters. The summed E-state index contributed by atoms with van der Waals surface area (Å²) >= 11 is 1.55. The van der Waals surface area contributed by atoms with E-state index in [2.05, 4.69) is 28.4 Å². The predicted octanol–water partition coefficient (Wildman–Crippen LogP) is 2.71. The number of carbonyl (C=O) groups excluding carboxylic acids is 1. The van der Waals surface area contributed by atoms with Crippen LogP contribution in [-0.2, 0) is 17.7 Å². The number of aromatic nitrogens is 1. The lowest BCUT2D eigenvalue weighted by Crippen LogP contribution is -2.41. The van der Waals surface area contributed by atoms with Gasteiger partial charge >= 0.3 is 0 Å². The maximum absolute atomic E-state index is 12.3. The van der Waals surface area contributed by atoms with Gasteiger partial charge in [-0.1, -0.05) is 12.1 Å². The molecule has 2 aromatic rings. The Balaban J connectivity index is 1.24. The molecule has 2 bridgehead atoms. The molecule has 2 aromatic heterocycles. The summed E-state index contributed by atoms with van der Waals surface area (Å²) in [5.41, 5.74) is 1.73. The van der Waals surface area contributed by atoms with Crippen molar-refractivity contribution >= 4 is 17.2 Å². The molecular weight excluding hydrogens is 362 g/mol. The Morgan fingerprint density at radius 2 is 2.44 bits per heavy atom. The van der Waals surface area contributed by atoms with E-state index in [0.29, 0.717) is 18.4 Å². The molecule has 144 valence electrons. The van der Waals surface area contributed by atoms with Crippen LogP contribution in [0.5, 0.6) is 0 Å². The van der Waals surface area contributed by atoms with Crippen LogP contribution < -0.4 is 5.32 Å². The normalized spacial score (nSPS) is 32.1. The molecule has 5 heterocycles. The average molecular weight is 388 g/mol. The van der Waals surface area contributed by atoms with Crippen molar-refractivity contribution in [3.8, 4) is 0 Å². The predicted molar refractivity (Wildman–Crippen MR) is 102 cm³/mol. The minimum Gasteiger partial charge on any atom is -0.370 e. The zero-order chi connectivity index (χ0) is 18.4. The van der Waals surface area contributed by atoms with E-state index in [1.807, 2.05) is 16.8 Å². The van der Waals surface area contributed by atoms with Crippen molar-refractivity contribution in [1.82, 2.24) is 15.4 Å². The van der Waals surface area contributed by atoms with Crippen LogP contribution in [0.15, 0.2) is 27.4 Å². The molecule has 0 aliphatic carbocycles. The van der Waals surface area contributed by atoms with E-state index in [9.17, 15) is 4.79 Å². The summed E-state index contributed by atoms with van der Waals surface area (Å²) in [7, 11) is 0. The van der Waals surface area contributed by atoms with E-state index in [-0.39, 0.29) is 17.6 Å². The molecule has 5 rings (SSSR count). The van der Waals surface area contributed by atoms with Gasteiger partial charge in [0, 0.05) is 48.5 Å². The third-order valence-corrected chi connectivity index (χ3v) is 7.17. The lowest BCUT2D eigenvalue weighted by atomic mass is 9.73. The molecule has 6 nitrogen and oxygen atoms in total. The molecule has 7 heteroatoms. The zero-order valence-electron chi connectivity index (χ0n) is 15.5. The Hall–Kier alpha value is -1.70. The van der Waals surface area contributed by atoms with Crippen LogP contribution in [-0.4, -0.2) is 47.3 Å². The highest BCUT2D eigenvalue weighted by atomic mass is 32.1. The number of thiophene rings is 1. The molecule has 1 N–H and O–H groups in total. The van der Waals surface area contributed by atoms with Crippen molar-refractivity contribution in [2.45, 2.75) is 44.4 Å². The summed E-state index contributed by atoms with van der Waals surface area (Å²) in [5, 5.41) is 11.1. The summed E-state index contributed by atoms with van der Waals surface area (Å²) in [6.45, 7) is 5.51. The highest BCUT2D eigenvalue weighted by Crippen LogP contribution is 2.54. The second-order valence-electron chi connectivity index (χ2n) is 8.06. The lowest BCUT2D eigenvalue weighted by molar-refractivity contribution is 0.00155. The minimum absolute atomic E-state index is 0.0247. The number of carbonyl (C=O) groups is 1. The summed E-state index contributed by atoms with van der Waals surface area (Å²) in [4.78, 5) is 14.8. The Labute approximate surface area is 162 Å². The number of nitrogens with one attached hydrogen (secondary N) is 1. The van der Waals surface area contributed by atoms with Crippen molar-refractivity contribution in [2.75, 3.05) is 19.6 Å². The van der Waals surface area contributed by atoms with E-state index < -0.39 is 0 Å². The number of hydrogen-bond donors (Lipinski definition) is 1. The number of likely N-dealkylation sites (tertiary alicyclic amines) is 1. The van der Waals surface area contributed by atoms with Gasteiger partial charge in [-0.2, -0.15) is 11.3 Å². The van der Waals surface area contributed by atoms with Crippen molar-refractivity contribution in [2.24, 2.45) is 11.8 Å². The molecular formula is C20H25N3O3S. The fourth-order valence-electron chi connectivity index (χ4n) is 5.20. The molecule has 1 amide bonds. The fourth-order valence-corrected chi connectivity index (χ4v) is 5.84. The first-order valence-electron chi connectivity index (χ1n) is 9.82. The third kappa shape index (κ3) is 3.02. The van der Waals surface area contributed by atoms with Crippen LogP contribution in [0, 0.1) is 11.8 Å². The monoisotopic (exact) mass is 387 g/mol. The average Bonchev–Trinajstić information content (AvgIpc) is 3.45. The number of amides is 1. The molecule has 0 saturated carbocycles. The molecule has 0 unspecified atom stereocenters. The van der Waals surface area contributed by atoms with Crippen LogP contribution >= 0.6 is 11.3 Å². The summed E-state index contributed by atoms with van der Waals surface area (Å²) in [5.74, 6) is 1.83. The van der Waals surface area contributed by atoms with Crippen LogP contribution in [0.3, 0.4) is 0 Å². The van der Waals surface area contributed by atoms with Crippen molar-refractivity contribution in [3.63, 3.8) is 0 Å². The van der Waals surface area contributed by atoms with Gasteiger partial charge in [0.05, 0.1) is 23.9 Å². The Morgan fingerprint density at radius 1 is 1.52 bits per heavy atom. The van der Waals surface area contributed by atoms with Crippen LogP contribution in [0.1, 0.15) is 41.6 Å². The van der Waals surface area contributed by atoms with E-state index in [1.165, 1.54) is 0 Å². The van der Waals surface area contributed by atoms with Gasteiger partial charge in [-0.05, 0) is 30.7 Å². The van der Waals surface area contributed by atoms with Gasteiger partial charge in [-0.25, -0.2) is 0 Å². The second kappa shape index (κ2) is 6.72. The smallest absolute Gasteiger partial charge is 0.252 e. The maximum Gasteiger partial charge on any atom is 0.252 e. The van der Waals surface area contributed by atoms with Gasteiger partial charge in [0.25, 0.3) is 5.91 Å². The van der Waals surface area contributed by atoms with E-state index >= 15 is 0 Å². The number of aryl methyl sites for hydroxylation is 1. The van der Waals surface area contributed by atoms with Gasteiger partial charge in [0.1, 0.15) is 0 Å². The lowest BCUT2D eigenvalue weighted by Gasteiger charge is -2.29. The Morgan fingerprint density at radius 3 is 3.22 bits per heavy atom. The fraction of sp³-hybridized carbons (Fsp3) is 0.600. The topological polar surface area (TPSA) is 67.6 Å². The number of fused-ring (bicyclic) bond motifs is 1. The Kier molecular flexibility index (Phi) is 4.33. The number of nitrogens with zero attached hydrogens (tertiary/aromatic N) is 2. The second-order valence-corrected chi connectivity index (χ2v) is 8.84. The third-order valence-electron chi connectivity index (χ3n) is 6.49. The molecule has 0 radical (unpaired) electrons. The van der Waals surface area contributed by atoms with E-state index in [0.717, 1.165) is 55.9 Å². The largest absolute Gasteiger partial charge is 0.370 e. The van der Waals surface area contributed by atoms with Crippen molar-refractivity contribution in [1.29, 1.82) is 0 Å².